The normalized spacial score (nSPS) is 13.9. The van der Waals surface area contributed by atoms with Gasteiger partial charge in [-0.2, -0.15) is 9.67 Å². The molecule has 1 aliphatic carbocycles. The molecule has 0 aromatic carbocycles. The fourth-order valence-corrected chi connectivity index (χ4v) is 4.30. The van der Waals surface area contributed by atoms with Gasteiger partial charge in [-0.05, 0) is 57.2 Å². The molecule has 39 heavy (non-hydrogen) atoms. The van der Waals surface area contributed by atoms with Crippen molar-refractivity contribution in [2.75, 3.05) is 19.8 Å². The first kappa shape index (κ1) is 28.7. The Morgan fingerprint density at radius 2 is 1.92 bits per heavy atom. The average molecular weight is 554 g/mol. The highest BCUT2D eigenvalue weighted by molar-refractivity contribution is 6.76. The summed E-state index contributed by atoms with van der Waals surface area (Å²) in [5.41, 5.74) is 2.37. The van der Waals surface area contributed by atoms with Crippen LogP contribution in [-0.2, 0) is 16.3 Å². The number of carbonyl (C=O) groups is 1. The lowest BCUT2D eigenvalue weighted by Crippen LogP contribution is -2.30. The highest BCUT2D eigenvalue weighted by atomic mass is 28.3. The second-order valence-corrected chi connectivity index (χ2v) is 17.7. The Bertz CT molecular complexity index is 1280. The van der Waals surface area contributed by atoms with Gasteiger partial charge < -0.3 is 19.3 Å². The number of aryl methyl sites for hydroxylation is 1. The molecule has 0 bridgehead atoms. The molecule has 11 heteroatoms. The van der Waals surface area contributed by atoms with Crippen LogP contribution >= 0.6 is 0 Å². The van der Waals surface area contributed by atoms with E-state index >= 15 is 0 Å². The monoisotopic (exact) mass is 553 g/mol. The van der Waals surface area contributed by atoms with Crippen LogP contribution in [0, 0.1) is 18.3 Å². The van der Waals surface area contributed by atoms with Crippen molar-refractivity contribution in [2.24, 2.45) is 11.3 Å². The van der Waals surface area contributed by atoms with E-state index in [4.69, 9.17) is 14.2 Å². The summed E-state index contributed by atoms with van der Waals surface area (Å²) in [6, 6.07) is 7.17. The van der Waals surface area contributed by atoms with E-state index in [0.717, 1.165) is 22.7 Å². The maximum Gasteiger partial charge on any atom is 0.317 e. The van der Waals surface area contributed by atoms with Crippen molar-refractivity contribution in [3.63, 3.8) is 0 Å². The van der Waals surface area contributed by atoms with Crippen molar-refractivity contribution in [3.05, 3.63) is 36.2 Å². The summed E-state index contributed by atoms with van der Waals surface area (Å²) in [6.07, 6.45) is 5.86. The topological polar surface area (TPSA) is 121 Å². The number of carboxylic acid groups (broad SMARTS) is 1. The van der Waals surface area contributed by atoms with E-state index in [1.807, 2.05) is 19.1 Å². The lowest BCUT2D eigenvalue weighted by molar-refractivity contribution is -0.148. The van der Waals surface area contributed by atoms with Crippen LogP contribution in [0.3, 0.4) is 0 Å². The van der Waals surface area contributed by atoms with Crippen molar-refractivity contribution in [1.82, 2.24) is 24.7 Å². The number of aliphatic carboxylic acids is 1. The molecule has 210 valence electrons. The fourth-order valence-electron chi connectivity index (χ4n) is 3.55. The molecule has 0 saturated heterocycles. The quantitative estimate of drug-likeness (QED) is 0.209. The van der Waals surface area contributed by atoms with Gasteiger partial charge in [0.05, 0.1) is 12.0 Å². The summed E-state index contributed by atoms with van der Waals surface area (Å²) in [5.74, 6) is 0.551. The Morgan fingerprint density at radius 3 is 2.54 bits per heavy atom. The average Bonchev–Trinajstić information content (AvgIpc) is 3.62. The fraction of sp³-hybridized carbons (Fsp3) is 0.536. The molecule has 1 N–H and O–H groups in total. The minimum atomic E-state index is -1.18. The molecule has 3 aromatic rings. The summed E-state index contributed by atoms with van der Waals surface area (Å²) < 4.78 is 19.2. The maximum absolute atomic E-state index is 11.3. The number of aromatic nitrogens is 5. The van der Waals surface area contributed by atoms with Crippen molar-refractivity contribution < 1.29 is 24.1 Å². The SMILES string of the molecule is Cc1cc(OCC(C)(C)C(=O)O)ncc1-c1ccc(-c2nc(OCC3CC3)n(COCC[Si](C)(C)C)n2)nc1. The standard InChI is InChI=1S/C28H39N5O5Si/c1-19-13-24(38-17-28(2,3)26(34)35)30-15-22(19)21-9-10-23(29-14-21)25-31-27(37-16-20-7-8-20)33(32-25)18-36-11-12-39(4,5)6/h9-10,13-15,20H,7-8,11-12,16-18H2,1-6H3,(H,34,35). The first-order valence-corrected chi connectivity index (χ1v) is 17.1. The lowest BCUT2D eigenvalue weighted by atomic mass is 9.95. The van der Waals surface area contributed by atoms with Crippen LogP contribution in [0.2, 0.25) is 25.7 Å². The summed E-state index contributed by atoms with van der Waals surface area (Å²) >= 11 is 0. The first-order chi connectivity index (χ1) is 18.4. The number of ether oxygens (including phenoxy) is 3. The van der Waals surface area contributed by atoms with Crippen molar-refractivity contribution in [2.45, 2.75) is 66.0 Å². The van der Waals surface area contributed by atoms with Crippen LogP contribution in [-0.4, -0.2) is 63.7 Å². The zero-order valence-electron chi connectivity index (χ0n) is 23.7. The molecular formula is C28H39N5O5Si. The number of hydrogen-bond acceptors (Lipinski definition) is 8. The van der Waals surface area contributed by atoms with E-state index in [9.17, 15) is 9.90 Å². The Labute approximate surface area is 230 Å². The van der Waals surface area contributed by atoms with Crippen LogP contribution in [0.25, 0.3) is 22.6 Å². The predicted octanol–water partition coefficient (Wildman–Crippen LogP) is 5.30. The van der Waals surface area contributed by atoms with E-state index in [0.29, 0.717) is 49.3 Å². The number of hydrogen-bond donors (Lipinski definition) is 1. The van der Waals surface area contributed by atoms with Gasteiger partial charge in [0, 0.05) is 44.3 Å². The molecule has 10 nitrogen and oxygen atoms in total. The molecule has 3 heterocycles. The zero-order valence-corrected chi connectivity index (χ0v) is 24.7. The molecule has 0 spiro atoms. The van der Waals surface area contributed by atoms with Crippen molar-refractivity contribution in [1.29, 1.82) is 0 Å². The van der Waals surface area contributed by atoms with Gasteiger partial charge in [0.1, 0.15) is 19.0 Å². The Morgan fingerprint density at radius 1 is 1.15 bits per heavy atom. The summed E-state index contributed by atoms with van der Waals surface area (Å²) in [5, 5.41) is 13.9. The molecule has 1 aliphatic rings. The van der Waals surface area contributed by atoms with Crippen molar-refractivity contribution in [3.8, 4) is 34.5 Å². The third-order valence-corrected chi connectivity index (χ3v) is 8.25. The van der Waals surface area contributed by atoms with E-state index in [1.54, 1.807) is 37.0 Å². The Kier molecular flexibility index (Phi) is 8.70. The predicted molar refractivity (Wildman–Crippen MR) is 150 cm³/mol. The third-order valence-electron chi connectivity index (χ3n) is 6.54. The Balaban J connectivity index is 1.45. The Hall–Kier alpha value is -3.31. The van der Waals surface area contributed by atoms with Crippen molar-refractivity contribution >= 4 is 14.0 Å². The van der Waals surface area contributed by atoms with Crippen LogP contribution in [0.1, 0.15) is 32.3 Å². The smallest absolute Gasteiger partial charge is 0.317 e. The molecule has 0 radical (unpaired) electrons. The van der Waals surface area contributed by atoms with Gasteiger partial charge in [0.15, 0.2) is 0 Å². The molecule has 3 aromatic heterocycles. The molecule has 0 unspecified atom stereocenters. The van der Waals surface area contributed by atoms with Gasteiger partial charge in [0.2, 0.25) is 11.7 Å². The zero-order chi connectivity index (χ0) is 28.2. The first-order valence-electron chi connectivity index (χ1n) is 13.4. The van der Waals surface area contributed by atoms with Crippen LogP contribution in [0.5, 0.6) is 11.9 Å². The van der Waals surface area contributed by atoms with E-state index in [2.05, 4.69) is 39.7 Å². The molecule has 4 rings (SSSR count). The number of nitrogens with zero attached hydrogens (tertiary/aromatic N) is 5. The second-order valence-electron chi connectivity index (χ2n) is 12.1. The number of carboxylic acids is 1. The number of rotatable bonds is 14. The van der Waals surface area contributed by atoms with Gasteiger partial charge in [-0.3, -0.25) is 9.78 Å². The molecule has 0 amide bonds. The lowest BCUT2D eigenvalue weighted by Gasteiger charge is -2.19. The summed E-state index contributed by atoms with van der Waals surface area (Å²) in [4.78, 5) is 24.9. The number of pyridine rings is 2. The molecule has 0 atom stereocenters. The summed E-state index contributed by atoms with van der Waals surface area (Å²) in [6.45, 7) is 13.8. The maximum atomic E-state index is 11.3. The summed E-state index contributed by atoms with van der Waals surface area (Å²) in [7, 11) is -1.18. The van der Waals surface area contributed by atoms with Gasteiger partial charge in [-0.25, -0.2) is 4.98 Å². The third kappa shape index (κ3) is 8.09. The van der Waals surface area contributed by atoms with Gasteiger partial charge in [-0.15, -0.1) is 5.10 Å². The minimum absolute atomic E-state index is 0.0275. The van der Waals surface area contributed by atoms with Crippen LogP contribution in [0.15, 0.2) is 30.6 Å². The van der Waals surface area contributed by atoms with E-state index in [-0.39, 0.29) is 6.61 Å². The van der Waals surface area contributed by atoms with Gasteiger partial charge in [-0.1, -0.05) is 25.7 Å². The highest BCUT2D eigenvalue weighted by Crippen LogP contribution is 2.30. The molecule has 1 fully saturated rings. The molecular weight excluding hydrogens is 514 g/mol. The van der Waals surface area contributed by atoms with Gasteiger partial charge >= 0.3 is 12.0 Å². The van der Waals surface area contributed by atoms with Gasteiger partial charge in [0.25, 0.3) is 0 Å². The highest BCUT2D eigenvalue weighted by Gasteiger charge is 2.28. The van der Waals surface area contributed by atoms with E-state index in [1.165, 1.54) is 12.8 Å². The van der Waals surface area contributed by atoms with Crippen LogP contribution < -0.4 is 9.47 Å². The van der Waals surface area contributed by atoms with E-state index < -0.39 is 19.5 Å². The molecule has 0 aliphatic heterocycles. The van der Waals surface area contributed by atoms with Crippen LogP contribution in [0.4, 0.5) is 0 Å². The molecule has 1 saturated carbocycles. The largest absolute Gasteiger partial charge is 0.481 e. The minimum Gasteiger partial charge on any atom is -0.481 e. The second kappa shape index (κ2) is 11.8.